The number of hydrogen-bond acceptors (Lipinski definition) is 5. The van der Waals surface area contributed by atoms with Gasteiger partial charge in [-0.25, -0.2) is 6.57 Å². The van der Waals surface area contributed by atoms with Crippen molar-refractivity contribution in [3.05, 3.63) is 11.4 Å². The van der Waals surface area contributed by atoms with Gasteiger partial charge in [-0.2, -0.15) is 5.26 Å². The number of likely N-dealkylation sites (tertiary alicyclic amines) is 2. The van der Waals surface area contributed by atoms with E-state index in [4.69, 9.17) is 6.57 Å². The van der Waals surface area contributed by atoms with Crippen LogP contribution in [0.25, 0.3) is 4.85 Å². The lowest BCUT2D eigenvalue weighted by atomic mass is 9.50. The average Bonchev–Trinajstić information content (AvgIpc) is 3.40. The zero-order valence-corrected chi connectivity index (χ0v) is 18.7. The van der Waals surface area contributed by atoms with Crippen molar-refractivity contribution in [3.63, 3.8) is 0 Å². The standard InChI is InChI=1S/C24H33N5O3/c1-26-20-5-3-7-29(20)22(31)15-27(14-21(30)28-6-2-4-19(28)13-25)23-9-17-8-18(10-23)12-24(32,11-17)16-23/h17-20,32H,2-12,14-16H2/t17-,18+,19-,20-,23?,24?/m0/s1. The van der Waals surface area contributed by atoms with Crippen molar-refractivity contribution in [3.8, 4) is 6.07 Å². The van der Waals surface area contributed by atoms with Gasteiger partial charge in [0.25, 0.3) is 0 Å². The van der Waals surface area contributed by atoms with Crippen LogP contribution in [0.3, 0.4) is 0 Å². The lowest BCUT2D eigenvalue weighted by Gasteiger charge is -2.63. The molecule has 0 radical (unpaired) electrons. The predicted octanol–water partition coefficient (Wildman–Crippen LogP) is 1.75. The lowest BCUT2D eigenvalue weighted by molar-refractivity contribution is -0.181. The summed E-state index contributed by atoms with van der Waals surface area (Å²) in [5, 5.41) is 20.7. The molecule has 0 aromatic heterocycles. The quantitative estimate of drug-likeness (QED) is 0.659. The third-order valence-corrected chi connectivity index (χ3v) is 8.74. The first-order chi connectivity index (χ1) is 15.3. The second-order valence-electron chi connectivity index (χ2n) is 11.0. The Bertz CT molecular complexity index is 816. The molecule has 8 nitrogen and oxygen atoms in total. The average molecular weight is 440 g/mol. The molecule has 4 bridgehead atoms. The van der Waals surface area contributed by atoms with E-state index in [1.165, 1.54) is 0 Å². The summed E-state index contributed by atoms with van der Waals surface area (Å²) in [4.78, 5) is 35.7. The molecule has 6 aliphatic rings. The summed E-state index contributed by atoms with van der Waals surface area (Å²) in [7, 11) is 0. The highest BCUT2D eigenvalue weighted by molar-refractivity contribution is 5.82. The van der Waals surface area contributed by atoms with E-state index in [0.29, 0.717) is 44.2 Å². The van der Waals surface area contributed by atoms with Crippen molar-refractivity contribution in [2.75, 3.05) is 26.2 Å². The Kier molecular flexibility index (Phi) is 5.42. The van der Waals surface area contributed by atoms with Gasteiger partial charge in [0.2, 0.25) is 11.8 Å². The summed E-state index contributed by atoms with van der Waals surface area (Å²) < 4.78 is 0. The summed E-state index contributed by atoms with van der Waals surface area (Å²) in [6, 6.07) is 1.86. The predicted molar refractivity (Wildman–Crippen MR) is 116 cm³/mol. The van der Waals surface area contributed by atoms with Crippen molar-refractivity contribution in [1.29, 1.82) is 5.26 Å². The summed E-state index contributed by atoms with van der Waals surface area (Å²) in [5.41, 5.74) is -1.04. The first kappa shape index (κ1) is 21.7. The van der Waals surface area contributed by atoms with Gasteiger partial charge in [0.05, 0.1) is 24.8 Å². The van der Waals surface area contributed by atoms with Crippen LogP contribution in [0.15, 0.2) is 0 Å². The van der Waals surface area contributed by atoms with Crippen molar-refractivity contribution in [1.82, 2.24) is 14.7 Å². The molecule has 0 aromatic rings. The first-order valence-electron chi connectivity index (χ1n) is 12.2. The maximum absolute atomic E-state index is 13.3. The Balaban J connectivity index is 1.40. The monoisotopic (exact) mass is 439 g/mol. The molecule has 172 valence electrons. The first-order valence-corrected chi connectivity index (χ1v) is 12.2. The summed E-state index contributed by atoms with van der Waals surface area (Å²) >= 11 is 0. The summed E-state index contributed by atoms with van der Waals surface area (Å²) in [6.45, 7) is 8.84. The number of nitriles is 1. The molecule has 0 spiro atoms. The van der Waals surface area contributed by atoms with Crippen molar-refractivity contribution < 1.29 is 14.7 Å². The molecule has 2 aliphatic heterocycles. The van der Waals surface area contributed by atoms with E-state index in [2.05, 4.69) is 10.9 Å². The van der Waals surface area contributed by atoms with Gasteiger partial charge in [0.15, 0.2) is 0 Å². The van der Waals surface area contributed by atoms with Crippen molar-refractivity contribution in [2.45, 2.75) is 87.6 Å². The molecular weight excluding hydrogens is 406 g/mol. The maximum Gasteiger partial charge on any atom is 0.300 e. The molecule has 8 heteroatoms. The molecule has 2 saturated heterocycles. The van der Waals surface area contributed by atoms with Gasteiger partial charge in [-0.3, -0.25) is 24.2 Å². The largest absolute Gasteiger partial charge is 0.390 e. The number of carbonyl (C=O) groups excluding carboxylic acids is 2. The topological polar surface area (TPSA) is 92.2 Å². The number of rotatable bonds is 5. The molecule has 2 heterocycles. The molecule has 6 atom stereocenters. The van der Waals surface area contributed by atoms with E-state index in [9.17, 15) is 20.0 Å². The highest BCUT2D eigenvalue weighted by atomic mass is 16.3. The Morgan fingerprint density at radius 3 is 2.31 bits per heavy atom. The molecule has 4 saturated carbocycles. The lowest BCUT2D eigenvalue weighted by Crippen LogP contribution is -2.67. The van der Waals surface area contributed by atoms with Gasteiger partial charge in [-0.15, -0.1) is 0 Å². The number of amides is 2. The van der Waals surface area contributed by atoms with Crippen LogP contribution in [0, 0.1) is 29.7 Å². The number of hydrogen-bond donors (Lipinski definition) is 1. The molecule has 6 fully saturated rings. The summed E-state index contributed by atoms with van der Waals surface area (Å²) in [5.74, 6) is 0.704. The number of nitrogens with zero attached hydrogens (tertiary/aromatic N) is 5. The van der Waals surface area contributed by atoms with Crippen LogP contribution in [0.2, 0.25) is 0 Å². The third-order valence-electron chi connectivity index (χ3n) is 8.74. The van der Waals surface area contributed by atoms with Crippen LogP contribution in [0.5, 0.6) is 0 Å². The highest BCUT2D eigenvalue weighted by Crippen LogP contribution is 2.59. The minimum atomic E-state index is -0.691. The van der Waals surface area contributed by atoms with Crippen LogP contribution in [-0.4, -0.2) is 81.1 Å². The maximum atomic E-state index is 13.3. The second kappa shape index (κ2) is 8.01. The third kappa shape index (κ3) is 3.68. The van der Waals surface area contributed by atoms with E-state index in [1.807, 2.05) is 4.90 Å². The highest BCUT2D eigenvalue weighted by Gasteiger charge is 2.59. The molecule has 32 heavy (non-hydrogen) atoms. The van der Waals surface area contributed by atoms with Crippen LogP contribution < -0.4 is 0 Å². The van der Waals surface area contributed by atoms with Gasteiger partial charge < -0.3 is 10.0 Å². The molecule has 2 amide bonds. The molecular formula is C24H33N5O3. The molecule has 2 unspecified atom stereocenters. The Labute approximate surface area is 189 Å². The van der Waals surface area contributed by atoms with Crippen LogP contribution in [0.1, 0.15) is 64.2 Å². The van der Waals surface area contributed by atoms with Crippen LogP contribution in [-0.2, 0) is 9.59 Å². The van der Waals surface area contributed by atoms with E-state index < -0.39 is 11.8 Å². The van der Waals surface area contributed by atoms with Crippen LogP contribution >= 0.6 is 0 Å². The Morgan fingerprint density at radius 2 is 1.69 bits per heavy atom. The van der Waals surface area contributed by atoms with E-state index >= 15 is 0 Å². The molecule has 6 rings (SSSR count). The van der Waals surface area contributed by atoms with Gasteiger partial charge in [-0.05, 0) is 69.6 Å². The van der Waals surface area contributed by atoms with Gasteiger partial charge in [0, 0.05) is 25.0 Å². The van der Waals surface area contributed by atoms with Crippen molar-refractivity contribution >= 4 is 11.8 Å². The fraction of sp³-hybridized carbons (Fsp3) is 0.833. The Hall–Kier alpha value is -2.16. The minimum absolute atomic E-state index is 0.0858. The normalized spacial score (nSPS) is 40.0. The fourth-order valence-electron chi connectivity index (χ4n) is 7.81. The van der Waals surface area contributed by atoms with Gasteiger partial charge in [0.1, 0.15) is 6.04 Å². The van der Waals surface area contributed by atoms with Crippen LogP contribution in [0.4, 0.5) is 0 Å². The Morgan fingerprint density at radius 1 is 1.06 bits per heavy atom. The number of aliphatic hydroxyl groups is 1. The van der Waals surface area contributed by atoms with Gasteiger partial charge in [-0.1, -0.05) is 0 Å². The zero-order chi connectivity index (χ0) is 22.5. The van der Waals surface area contributed by atoms with E-state index in [0.717, 1.165) is 44.9 Å². The summed E-state index contributed by atoms with van der Waals surface area (Å²) in [6.07, 6.45) is 7.92. The van der Waals surface area contributed by atoms with E-state index in [-0.39, 0.29) is 36.5 Å². The molecule has 4 aliphatic carbocycles. The van der Waals surface area contributed by atoms with Gasteiger partial charge >= 0.3 is 6.17 Å². The molecule has 1 N–H and O–H groups in total. The van der Waals surface area contributed by atoms with E-state index in [1.54, 1.807) is 9.80 Å². The number of carbonyl (C=O) groups is 2. The van der Waals surface area contributed by atoms with Crippen molar-refractivity contribution in [2.24, 2.45) is 11.8 Å². The zero-order valence-electron chi connectivity index (χ0n) is 18.7. The minimum Gasteiger partial charge on any atom is -0.390 e. The fourth-order valence-corrected chi connectivity index (χ4v) is 7.81. The smallest absolute Gasteiger partial charge is 0.300 e. The SMILES string of the molecule is [C-]#[N+][C@@H]1CCCN1C(=O)CN(CC(=O)N1CCC[C@H]1C#N)C12C[C@@H]3C[C@@H](CC(O)(C3)C1)C2. The molecule has 0 aromatic carbocycles. The second-order valence-corrected chi connectivity index (χ2v) is 11.0.